The van der Waals surface area contributed by atoms with E-state index in [4.69, 9.17) is 21.1 Å². The molecule has 1 fully saturated rings. The topological polar surface area (TPSA) is 216 Å². The lowest BCUT2D eigenvalue weighted by Crippen LogP contribution is -2.53. The highest BCUT2D eigenvalue weighted by molar-refractivity contribution is 5.93. The SMILES string of the molecule is NC(CCC(=O)O)C(=O)N1CCCC1C(=O)NCC(=O)NC(CC(=O)O)C(=O)O. The van der Waals surface area contributed by atoms with Crippen molar-refractivity contribution in [3.63, 3.8) is 0 Å². The predicted octanol–water partition coefficient (Wildman–Crippen LogP) is -2.67. The molecule has 1 rings (SSSR count). The molecule has 1 saturated heterocycles. The first-order chi connectivity index (χ1) is 13.5. The van der Waals surface area contributed by atoms with Crippen molar-refractivity contribution in [2.24, 2.45) is 5.73 Å². The van der Waals surface area contributed by atoms with Crippen LogP contribution in [0.4, 0.5) is 0 Å². The Morgan fingerprint density at radius 1 is 1.07 bits per heavy atom. The van der Waals surface area contributed by atoms with Gasteiger partial charge in [0.05, 0.1) is 19.0 Å². The van der Waals surface area contributed by atoms with Gasteiger partial charge in [-0.25, -0.2) is 4.79 Å². The number of nitrogens with one attached hydrogen (secondary N) is 2. The van der Waals surface area contributed by atoms with Crippen molar-refractivity contribution < 1.29 is 44.1 Å². The van der Waals surface area contributed by atoms with E-state index in [1.165, 1.54) is 4.90 Å². The molecule has 0 bridgehead atoms. The van der Waals surface area contributed by atoms with Crippen LogP contribution in [0.2, 0.25) is 0 Å². The van der Waals surface area contributed by atoms with Crippen LogP contribution in [-0.2, 0) is 28.8 Å². The molecule has 3 atom stereocenters. The van der Waals surface area contributed by atoms with Crippen LogP contribution in [0.25, 0.3) is 0 Å². The fourth-order valence-corrected chi connectivity index (χ4v) is 2.82. The van der Waals surface area contributed by atoms with Crippen LogP contribution in [-0.4, -0.2) is 87.1 Å². The van der Waals surface area contributed by atoms with Crippen LogP contribution in [0.5, 0.6) is 0 Å². The zero-order valence-electron chi connectivity index (χ0n) is 15.5. The first-order valence-corrected chi connectivity index (χ1v) is 8.82. The molecule has 7 N–H and O–H groups in total. The average molecular weight is 416 g/mol. The molecule has 0 aromatic rings. The minimum atomic E-state index is -1.64. The number of likely N-dealkylation sites (tertiary alicyclic amines) is 1. The molecule has 0 aromatic heterocycles. The third-order valence-electron chi connectivity index (χ3n) is 4.26. The van der Waals surface area contributed by atoms with E-state index in [0.717, 1.165) is 0 Å². The summed E-state index contributed by atoms with van der Waals surface area (Å²) in [4.78, 5) is 69.8. The molecule has 3 unspecified atom stereocenters. The predicted molar refractivity (Wildman–Crippen MR) is 94.4 cm³/mol. The van der Waals surface area contributed by atoms with Crippen molar-refractivity contribution >= 4 is 35.6 Å². The summed E-state index contributed by atoms with van der Waals surface area (Å²) < 4.78 is 0. The van der Waals surface area contributed by atoms with Crippen molar-refractivity contribution in [2.75, 3.05) is 13.1 Å². The van der Waals surface area contributed by atoms with E-state index in [2.05, 4.69) is 5.32 Å². The van der Waals surface area contributed by atoms with Gasteiger partial charge in [-0.05, 0) is 19.3 Å². The zero-order chi connectivity index (χ0) is 22.1. The molecular weight excluding hydrogens is 392 g/mol. The van der Waals surface area contributed by atoms with Gasteiger partial charge >= 0.3 is 17.9 Å². The van der Waals surface area contributed by atoms with E-state index in [1.54, 1.807) is 0 Å². The summed E-state index contributed by atoms with van der Waals surface area (Å²) in [6, 6.07) is -3.61. The van der Waals surface area contributed by atoms with Gasteiger partial charge in [0.15, 0.2) is 0 Å². The molecule has 13 heteroatoms. The number of amides is 3. The molecule has 1 aliphatic rings. The second-order valence-electron chi connectivity index (χ2n) is 6.50. The molecular formula is C16H24N4O9. The summed E-state index contributed by atoms with van der Waals surface area (Å²) >= 11 is 0. The quantitative estimate of drug-likeness (QED) is 0.205. The second kappa shape index (κ2) is 10.9. The van der Waals surface area contributed by atoms with Gasteiger partial charge < -0.3 is 36.6 Å². The Kier molecular flexibility index (Phi) is 8.99. The van der Waals surface area contributed by atoms with E-state index < -0.39 is 66.7 Å². The van der Waals surface area contributed by atoms with Crippen molar-refractivity contribution in [3.8, 4) is 0 Å². The standard InChI is InChI=1S/C16H24N4O9/c17-8(3-4-12(22)23)15(27)20-5-1-2-10(20)14(26)18-7-11(21)19-9(16(28)29)6-13(24)25/h8-10H,1-7,17H2,(H,18,26)(H,19,21)(H,22,23)(H,24,25)(H,28,29). The Labute approximate surface area is 165 Å². The normalized spacial score (nSPS) is 17.8. The largest absolute Gasteiger partial charge is 0.481 e. The summed E-state index contributed by atoms with van der Waals surface area (Å²) in [6.45, 7) is -0.352. The van der Waals surface area contributed by atoms with Crippen molar-refractivity contribution in [2.45, 2.75) is 50.2 Å². The fourth-order valence-electron chi connectivity index (χ4n) is 2.82. The van der Waals surface area contributed by atoms with Gasteiger partial charge in [-0.1, -0.05) is 0 Å². The maximum atomic E-state index is 12.4. The number of nitrogens with zero attached hydrogens (tertiary/aromatic N) is 1. The molecule has 0 spiro atoms. The van der Waals surface area contributed by atoms with Gasteiger partial charge in [0, 0.05) is 13.0 Å². The Hall–Kier alpha value is -3.22. The van der Waals surface area contributed by atoms with Crippen molar-refractivity contribution in [1.82, 2.24) is 15.5 Å². The summed E-state index contributed by atoms with van der Waals surface area (Å²) in [5.74, 6) is -6.17. The summed E-state index contributed by atoms with van der Waals surface area (Å²) in [5.41, 5.74) is 5.70. The third-order valence-corrected chi connectivity index (χ3v) is 4.26. The number of hydrogen-bond donors (Lipinski definition) is 6. The highest BCUT2D eigenvalue weighted by Crippen LogP contribution is 2.19. The molecule has 13 nitrogen and oxygen atoms in total. The van der Waals surface area contributed by atoms with E-state index in [0.29, 0.717) is 12.8 Å². The van der Waals surface area contributed by atoms with Crippen LogP contribution < -0.4 is 16.4 Å². The number of aliphatic carboxylic acids is 3. The van der Waals surface area contributed by atoms with Gasteiger partial charge in [0.25, 0.3) is 0 Å². The summed E-state index contributed by atoms with van der Waals surface area (Å²) in [5, 5.41) is 30.4. The van der Waals surface area contributed by atoms with Crippen molar-refractivity contribution in [3.05, 3.63) is 0 Å². The number of carboxylic acid groups (broad SMARTS) is 3. The number of nitrogens with two attached hydrogens (primary N) is 1. The van der Waals surface area contributed by atoms with Crippen LogP contribution in [0, 0.1) is 0 Å². The molecule has 162 valence electrons. The molecule has 1 heterocycles. The van der Waals surface area contributed by atoms with Crippen LogP contribution in [0.15, 0.2) is 0 Å². The van der Waals surface area contributed by atoms with Crippen LogP contribution >= 0.6 is 0 Å². The third kappa shape index (κ3) is 7.73. The Morgan fingerprint density at radius 2 is 1.72 bits per heavy atom. The lowest BCUT2D eigenvalue weighted by molar-refractivity contribution is -0.147. The van der Waals surface area contributed by atoms with Gasteiger partial charge in [-0.15, -0.1) is 0 Å². The number of carbonyl (C=O) groups excluding carboxylic acids is 3. The smallest absolute Gasteiger partial charge is 0.326 e. The highest BCUT2D eigenvalue weighted by Gasteiger charge is 2.36. The molecule has 3 amide bonds. The van der Waals surface area contributed by atoms with Crippen molar-refractivity contribution in [1.29, 1.82) is 0 Å². The highest BCUT2D eigenvalue weighted by atomic mass is 16.4. The molecule has 0 radical (unpaired) electrons. The molecule has 29 heavy (non-hydrogen) atoms. The zero-order valence-corrected chi connectivity index (χ0v) is 15.5. The van der Waals surface area contributed by atoms with Gasteiger partial charge in [-0.3, -0.25) is 24.0 Å². The monoisotopic (exact) mass is 416 g/mol. The molecule has 0 saturated carbocycles. The van der Waals surface area contributed by atoms with E-state index in [1.807, 2.05) is 5.32 Å². The van der Waals surface area contributed by atoms with Crippen LogP contribution in [0.1, 0.15) is 32.1 Å². The second-order valence-corrected chi connectivity index (χ2v) is 6.50. The van der Waals surface area contributed by atoms with Crippen LogP contribution in [0.3, 0.4) is 0 Å². The van der Waals surface area contributed by atoms with Gasteiger partial charge in [0.2, 0.25) is 17.7 Å². The number of hydrogen-bond acceptors (Lipinski definition) is 7. The first-order valence-electron chi connectivity index (χ1n) is 8.82. The van der Waals surface area contributed by atoms with E-state index in [9.17, 15) is 28.8 Å². The average Bonchev–Trinajstić information content (AvgIpc) is 3.12. The molecule has 0 aliphatic carbocycles. The lowest BCUT2D eigenvalue weighted by Gasteiger charge is -2.26. The minimum Gasteiger partial charge on any atom is -0.481 e. The Bertz CT molecular complexity index is 681. The number of carboxylic acids is 3. The summed E-state index contributed by atoms with van der Waals surface area (Å²) in [7, 11) is 0. The first kappa shape index (κ1) is 23.8. The van der Waals surface area contributed by atoms with E-state index in [-0.39, 0.29) is 19.4 Å². The maximum absolute atomic E-state index is 12.4. The van der Waals surface area contributed by atoms with E-state index >= 15 is 0 Å². The number of carbonyl (C=O) groups is 6. The minimum absolute atomic E-state index is 0.0818. The maximum Gasteiger partial charge on any atom is 0.326 e. The lowest BCUT2D eigenvalue weighted by atomic mass is 10.1. The fraction of sp³-hybridized carbons (Fsp3) is 0.625. The Morgan fingerprint density at radius 3 is 2.28 bits per heavy atom. The number of rotatable bonds is 11. The molecule has 0 aromatic carbocycles. The summed E-state index contributed by atoms with van der Waals surface area (Å²) in [6.07, 6.45) is -0.364. The molecule has 1 aliphatic heterocycles. The Balaban J connectivity index is 2.58. The van der Waals surface area contributed by atoms with Gasteiger partial charge in [0.1, 0.15) is 12.1 Å². The van der Waals surface area contributed by atoms with Gasteiger partial charge in [-0.2, -0.15) is 0 Å².